The molecule has 0 saturated heterocycles. The molecule has 1 rings (SSSR count). The van der Waals surface area contributed by atoms with Crippen LogP contribution in [0, 0.1) is 0 Å². The Morgan fingerprint density at radius 2 is 2.07 bits per heavy atom. The standard InChI is InChI=1S/C8H12BrN3O2S/c1-6(2)11-15(13,14)12-8-4-3-7(9)5-10-8/h3-6,11H,1-2H3,(H,10,12). The second kappa shape index (κ2) is 4.91. The summed E-state index contributed by atoms with van der Waals surface area (Å²) in [6.45, 7) is 3.49. The van der Waals surface area contributed by atoms with Crippen molar-refractivity contribution in [3.8, 4) is 0 Å². The second-order valence-electron chi connectivity index (χ2n) is 3.24. The first-order valence-corrected chi connectivity index (χ1v) is 6.58. The molecule has 5 nitrogen and oxygen atoms in total. The van der Waals surface area contributed by atoms with Gasteiger partial charge in [0, 0.05) is 16.7 Å². The molecule has 2 N–H and O–H groups in total. The third kappa shape index (κ3) is 4.59. The van der Waals surface area contributed by atoms with E-state index in [0.717, 1.165) is 4.47 Å². The van der Waals surface area contributed by atoms with Gasteiger partial charge in [-0.1, -0.05) is 0 Å². The Bertz CT molecular complexity index is 416. The minimum atomic E-state index is -3.52. The van der Waals surface area contributed by atoms with Gasteiger partial charge in [-0.25, -0.2) is 4.98 Å². The van der Waals surface area contributed by atoms with Crippen LogP contribution < -0.4 is 9.44 Å². The fraction of sp³-hybridized carbons (Fsp3) is 0.375. The van der Waals surface area contributed by atoms with E-state index in [0.29, 0.717) is 0 Å². The van der Waals surface area contributed by atoms with Crippen LogP contribution in [0.4, 0.5) is 5.82 Å². The van der Waals surface area contributed by atoms with E-state index >= 15 is 0 Å². The topological polar surface area (TPSA) is 71.1 Å². The van der Waals surface area contributed by atoms with Crippen molar-refractivity contribution in [1.29, 1.82) is 0 Å². The Morgan fingerprint density at radius 1 is 1.40 bits per heavy atom. The molecule has 0 aliphatic rings. The molecule has 0 amide bonds. The van der Waals surface area contributed by atoms with Gasteiger partial charge in [0.2, 0.25) is 0 Å². The number of nitrogens with one attached hydrogen (secondary N) is 2. The monoisotopic (exact) mass is 293 g/mol. The van der Waals surface area contributed by atoms with E-state index in [1.165, 1.54) is 6.20 Å². The minimum Gasteiger partial charge on any atom is -0.255 e. The van der Waals surface area contributed by atoms with Crippen LogP contribution in [0.15, 0.2) is 22.8 Å². The van der Waals surface area contributed by atoms with E-state index in [9.17, 15) is 8.42 Å². The summed E-state index contributed by atoms with van der Waals surface area (Å²) < 4.78 is 28.3. The second-order valence-corrected chi connectivity index (χ2v) is 5.60. The van der Waals surface area contributed by atoms with Crippen LogP contribution in [0.3, 0.4) is 0 Å². The number of halogens is 1. The van der Waals surface area contributed by atoms with E-state index in [1.807, 2.05) is 0 Å². The molecule has 15 heavy (non-hydrogen) atoms. The van der Waals surface area contributed by atoms with Gasteiger partial charge in [-0.3, -0.25) is 4.72 Å². The highest BCUT2D eigenvalue weighted by Gasteiger charge is 2.11. The molecule has 84 valence electrons. The van der Waals surface area contributed by atoms with Crippen molar-refractivity contribution in [2.24, 2.45) is 0 Å². The quantitative estimate of drug-likeness (QED) is 0.884. The van der Waals surface area contributed by atoms with Gasteiger partial charge in [0.1, 0.15) is 5.82 Å². The molecular formula is C8H12BrN3O2S. The molecule has 0 radical (unpaired) electrons. The zero-order chi connectivity index (χ0) is 11.5. The summed E-state index contributed by atoms with van der Waals surface area (Å²) in [7, 11) is -3.52. The number of anilines is 1. The van der Waals surface area contributed by atoms with Gasteiger partial charge in [-0.15, -0.1) is 0 Å². The van der Waals surface area contributed by atoms with Gasteiger partial charge in [-0.2, -0.15) is 13.1 Å². The lowest BCUT2D eigenvalue weighted by atomic mass is 10.4. The predicted molar refractivity (Wildman–Crippen MR) is 62.8 cm³/mol. The van der Waals surface area contributed by atoms with Crippen LogP contribution in [0.2, 0.25) is 0 Å². The summed E-state index contributed by atoms with van der Waals surface area (Å²) in [6.07, 6.45) is 1.52. The van der Waals surface area contributed by atoms with Gasteiger partial charge >= 0.3 is 0 Å². The number of aromatic nitrogens is 1. The number of nitrogens with zero attached hydrogens (tertiary/aromatic N) is 1. The van der Waals surface area contributed by atoms with Crippen LogP contribution in [0.1, 0.15) is 13.8 Å². The van der Waals surface area contributed by atoms with Crippen molar-refractivity contribution in [1.82, 2.24) is 9.71 Å². The molecule has 1 aromatic rings. The van der Waals surface area contributed by atoms with E-state index in [4.69, 9.17) is 0 Å². The first kappa shape index (κ1) is 12.4. The Balaban J connectivity index is 2.73. The summed E-state index contributed by atoms with van der Waals surface area (Å²) in [6, 6.07) is 3.13. The summed E-state index contributed by atoms with van der Waals surface area (Å²) in [4.78, 5) is 3.89. The molecule has 0 spiro atoms. The van der Waals surface area contributed by atoms with E-state index in [1.54, 1.807) is 26.0 Å². The third-order valence-corrected chi connectivity index (χ3v) is 3.09. The average molecular weight is 294 g/mol. The average Bonchev–Trinajstić information content (AvgIpc) is 2.06. The van der Waals surface area contributed by atoms with E-state index < -0.39 is 10.2 Å². The molecule has 1 heterocycles. The van der Waals surface area contributed by atoms with Crippen molar-refractivity contribution in [3.63, 3.8) is 0 Å². The fourth-order valence-electron chi connectivity index (χ4n) is 0.914. The van der Waals surface area contributed by atoms with E-state index in [2.05, 4.69) is 30.4 Å². The molecular weight excluding hydrogens is 282 g/mol. The smallest absolute Gasteiger partial charge is 0.255 e. The van der Waals surface area contributed by atoms with Crippen molar-refractivity contribution < 1.29 is 8.42 Å². The highest BCUT2D eigenvalue weighted by Crippen LogP contribution is 2.11. The Hall–Kier alpha value is -0.660. The lowest BCUT2D eigenvalue weighted by molar-refractivity contribution is 0.575. The third-order valence-electron chi connectivity index (χ3n) is 1.36. The van der Waals surface area contributed by atoms with E-state index in [-0.39, 0.29) is 11.9 Å². The molecule has 0 unspecified atom stereocenters. The molecule has 7 heteroatoms. The van der Waals surface area contributed by atoms with Crippen LogP contribution in [0.5, 0.6) is 0 Å². The highest BCUT2D eigenvalue weighted by atomic mass is 79.9. The van der Waals surface area contributed by atoms with Crippen LogP contribution in [-0.4, -0.2) is 19.4 Å². The van der Waals surface area contributed by atoms with Gasteiger partial charge in [0.15, 0.2) is 0 Å². The lowest BCUT2D eigenvalue weighted by Crippen LogP contribution is -2.35. The molecule has 0 saturated carbocycles. The maximum atomic E-state index is 11.4. The van der Waals surface area contributed by atoms with Crippen molar-refractivity contribution >= 4 is 32.0 Å². The molecule has 0 aliphatic carbocycles. The maximum Gasteiger partial charge on any atom is 0.300 e. The Morgan fingerprint density at radius 3 is 2.53 bits per heavy atom. The Kier molecular flexibility index (Phi) is 4.06. The summed E-state index contributed by atoms with van der Waals surface area (Å²) in [5, 5.41) is 0. The Labute approximate surface area is 97.6 Å². The number of hydrogen-bond donors (Lipinski definition) is 2. The molecule has 0 aliphatic heterocycles. The highest BCUT2D eigenvalue weighted by molar-refractivity contribution is 9.10. The minimum absolute atomic E-state index is 0.155. The zero-order valence-electron chi connectivity index (χ0n) is 8.36. The van der Waals surface area contributed by atoms with Crippen LogP contribution in [0.25, 0.3) is 0 Å². The first-order chi connectivity index (χ1) is 6.89. The molecule has 0 aromatic carbocycles. The lowest BCUT2D eigenvalue weighted by Gasteiger charge is -2.10. The molecule has 0 bridgehead atoms. The normalized spacial score (nSPS) is 11.7. The number of hydrogen-bond acceptors (Lipinski definition) is 3. The molecule has 0 atom stereocenters. The van der Waals surface area contributed by atoms with Gasteiger partial charge in [0.25, 0.3) is 10.2 Å². The van der Waals surface area contributed by atoms with Gasteiger partial charge in [-0.05, 0) is 41.9 Å². The maximum absolute atomic E-state index is 11.4. The summed E-state index contributed by atoms with van der Waals surface area (Å²) in [5.41, 5.74) is 0. The van der Waals surface area contributed by atoms with Crippen LogP contribution in [-0.2, 0) is 10.2 Å². The fourth-order valence-corrected chi connectivity index (χ4v) is 2.22. The largest absolute Gasteiger partial charge is 0.300 e. The molecule has 1 aromatic heterocycles. The number of pyridine rings is 1. The van der Waals surface area contributed by atoms with Crippen molar-refractivity contribution in [2.45, 2.75) is 19.9 Å². The summed E-state index contributed by atoms with van der Waals surface area (Å²) in [5.74, 6) is 0.284. The predicted octanol–water partition coefficient (Wildman–Crippen LogP) is 1.50. The van der Waals surface area contributed by atoms with Gasteiger partial charge in [0.05, 0.1) is 0 Å². The van der Waals surface area contributed by atoms with Crippen molar-refractivity contribution in [3.05, 3.63) is 22.8 Å². The zero-order valence-corrected chi connectivity index (χ0v) is 10.8. The SMILES string of the molecule is CC(C)NS(=O)(=O)Nc1ccc(Br)cn1. The van der Waals surface area contributed by atoms with Crippen molar-refractivity contribution in [2.75, 3.05) is 4.72 Å². The number of rotatable bonds is 4. The molecule has 0 fully saturated rings. The first-order valence-electron chi connectivity index (χ1n) is 4.31. The summed E-state index contributed by atoms with van der Waals surface area (Å²) >= 11 is 3.21. The van der Waals surface area contributed by atoms with Gasteiger partial charge < -0.3 is 0 Å². The van der Waals surface area contributed by atoms with Crippen LogP contribution >= 0.6 is 15.9 Å².